The quantitative estimate of drug-likeness (QED) is 0.419. The van der Waals surface area contributed by atoms with E-state index < -0.39 is 34.8 Å². The topological polar surface area (TPSA) is 97.1 Å². The number of piperazine rings is 1. The Labute approximate surface area is 247 Å². The third-order valence-electron chi connectivity index (χ3n) is 7.61. The summed E-state index contributed by atoms with van der Waals surface area (Å²) < 4.78 is 41.8. The molecule has 0 unspecified atom stereocenters. The number of carbonyl (C=O) groups excluding carboxylic acids is 1. The summed E-state index contributed by atoms with van der Waals surface area (Å²) in [4.78, 5) is 35.6. The first-order valence-corrected chi connectivity index (χ1v) is 14.9. The Balaban J connectivity index is 1.68. The number of phenolic OH excluding ortho intramolecular Hbond substituents is 1. The lowest BCUT2D eigenvalue weighted by molar-refractivity contribution is 0.00561. The van der Waals surface area contributed by atoms with Crippen LogP contribution in [0, 0.1) is 18.6 Å². The van der Waals surface area contributed by atoms with Crippen LogP contribution in [0.4, 0.5) is 19.4 Å². The van der Waals surface area contributed by atoms with E-state index in [9.17, 15) is 19.1 Å². The molecule has 3 atom stereocenters. The molecule has 0 bridgehead atoms. The summed E-state index contributed by atoms with van der Waals surface area (Å²) in [6.07, 6.45) is -0.393. The summed E-state index contributed by atoms with van der Waals surface area (Å²) in [5, 5.41) is 10.8. The fraction of sp³-hybridized carbons (Fsp3) is 0.500. The van der Waals surface area contributed by atoms with Crippen molar-refractivity contribution in [3.8, 4) is 16.9 Å². The molecule has 3 heterocycles. The molecule has 226 valence electrons. The van der Waals surface area contributed by atoms with Crippen molar-refractivity contribution in [1.82, 2.24) is 14.5 Å². The molecule has 12 heteroatoms. The Hall–Kier alpha value is -3.38. The van der Waals surface area contributed by atoms with Gasteiger partial charge in [-0.1, -0.05) is 0 Å². The van der Waals surface area contributed by atoms with E-state index in [0.29, 0.717) is 57.7 Å². The monoisotopic (exact) mass is 602 g/mol. The van der Waals surface area contributed by atoms with Crippen molar-refractivity contribution in [2.45, 2.75) is 70.2 Å². The maximum atomic E-state index is 15.2. The SMILES string of the molecule is COC[C@H]1CSc2c(-c3cc(O)c(F)cc3F)c(C)cc3c(N4C[C@@H](C)N(C(=O)OC(C)(C)C)[C@@H](C)C4)nc(=O)n1c23. The van der Waals surface area contributed by atoms with Crippen LogP contribution < -0.4 is 10.6 Å². The third-order valence-corrected chi connectivity index (χ3v) is 8.85. The molecule has 42 heavy (non-hydrogen) atoms. The number of anilines is 1. The second-order valence-electron chi connectivity index (χ2n) is 12.1. The first kappa shape index (κ1) is 30.1. The number of hydrogen-bond acceptors (Lipinski definition) is 8. The van der Waals surface area contributed by atoms with Crippen molar-refractivity contribution in [3.05, 3.63) is 45.9 Å². The summed E-state index contributed by atoms with van der Waals surface area (Å²) in [5.74, 6) is -1.56. The first-order chi connectivity index (χ1) is 19.7. The number of rotatable bonds is 4. The standard InChI is InChI=1S/C30H36F2N4O5S/c1-15-8-20-25-26(24(15)19-9-23(37)22(32)10-21(19)31)42-14-18(13-40-7)36(25)28(38)33-27(20)34-11-16(2)35(17(3)12-34)29(39)41-30(4,5)6/h8-10,16-18,37H,11-14H2,1-7H3/t16-,17+,18-/m0/s1. The number of amides is 1. The minimum atomic E-state index is -1.05. The number of aromatic nitrogens is 2. The van der Waals surface area contributed by atoms with Crippen LogP contribution in [-0.4, -0.2) is 75.9 Å². The average molecular weight is 603 g/mol. The van der Waals surface area contributed by atoms with Gasteiger partial charge in [0.25, 0.3) is 0 Å². The van der Waals surface area contributed by atoms with Crippen LogP contribution in [0.15, 0.2) is 27.9 Å². The van der Waals surface area contributed by atoms with Gasteiger partial charge in [0, 0.05) is 53.4 Å². The highest BCUT2D eigenvalue weighted by Crippen LogP contribution is 2.47. The Morgan fingerprint density at radius 1 is 1.14 bits per heavy atom. The molecule has 3 aromatic rings. The van der Waals surface area contributed by atoms with Crippen LogP contribution in [0.3, 0.4) is 0 Å². The molecule has 2 aliphatic rings. The highest BCUT2D eigenvalue weighted by molar-refractivity contribution is 7.99. The Kier molecular flexibility index (Phi) is 7.90. The number of nitrogens with zero attached hydrogens (tertiary/aromatic N) is 4. The summed E-state index contributed by atoms with van der Waals surface area (Å²) in [5.41, 5.74) is 0.702. The van der Waals surface area contributed by atoms with Gasteiger partial charge in [-0.2, -0.15) is 4.98 Å². The van der Waals surface area contributed by atoms with Crippen LogP contribution >= 0.6 is 11.8 Å². The number of thioether (sulfide) groups is 1. The molecule has 0 radical (unpaired) electrons. The summed E-state index contributed by atoms with van der Waals surface area (Å²) >= 11 is 1.46. The van der Waals surface area contributed by atoms with Crippen LogP contribution in [0.1, 0.15) is 46.2 Å². The second-order valence-corrected chi connectivity index (χ2v) is 13.1. The molecule has 0 spiro atoms. The molecule has 1 fully saturated rings. The zero-order valence-electron chi connectivity index (χ0n) is 24.8. The van der Waals surface area contributed by atoms with Crippen molar-refractivity contribution in [1.29, 1.82) is 0 Å². The number of carbonyl (C=O) groups is 1. The van der Waals surface area contributed by atoms with E-state index in [-0.39, 0.29) is 30.3 Å². The minimum absolute atomic E-state index is 0.0478. The molecule has 1 saturated heterocycles. The normalized spacial score (nSPS) is 20.7. The van der Waals surface area contributed by atoms with E-state index in [1.807, 2.05) is 52.5 Å². The number of aryl methyl sites for hydroxylation is 1. The molecule has 1 amide bonds. The average Bonchev–Trinajstić information content (AvgIpc) is 2.87. The van der Waals surface area contributed by atoms with E-state index in [4.69, 9.17) is 9.47 Å². The van der Waals surface area contributed by atoms with Crippen LogP contribution in [0.25, 0.3) is 22.0 Å². The molecule has 9 nitrogen and oxygen atoms in total. The number of hydrogen-bond donors (Lipinski definition) is 1. The number of methoxy groups -OCH3 is 1. The van der Waals surface area contributed by atoms with Gasteiger partial charge in [-0.25, -0.2) is 18.4 Å². The fourth-order valence-corrected chi connectivity index (χ4v) is 7.37. The lowest BCUT2D eigenvalue weighted by Crippen LogP contribution is -2.60. The number of benzene rings is 2. The fourth-order valence-electron chi connectivity index (χ4n) is 6.01. The van der Waals surface area contributed by atoms with Gasteiger partial charge in [-0.3, -0.25) is 9.47 Å². The zero-order chi connectivity index (χ0) is 30.7. The van der Waals surface area contributed by atoms with Gasteiger partial charge in [0.2, 0.25) is 0 Å². The van der Waals surface area contributed by atoms with Crippen molar-refractivity contribution in [2.75, 3.05) is 37.5 Å². The summed E-state index contributed by atoms with van der Waals surface area (Å²) in [6, 6.07) is 2.83. The predicted molar refractivity (Wildman–Crippen MR) is 159 cm³/mol. The highest BCUT2D eigenvalue weighted by Gasteiger charge is 2.38. The molecule has 0 saturated carbocycles. The molecule has 2 aliphatic heterocycles. The highest BCUT2D eigenvalue weighted by atomic mass is 32.2. The largest absolute Gasteiger partial charge is 0.505 e. The van der Waals surface area contributed by atoms with Crippen LogP contribution in [0.5, 0.6) is 5.75 Å². The lowest BCUT2D eigenvalue weighted by atomic mass is 9.96. The number of ether oxygens (including phenoxy) is 2. The maximum Gasteiger partial charge on any atom is 0.410 e. The van der Waals surface area contributed by atoms with E-state index in [2.05, 4.69) is 4.98 Å². The van der Waals surface area contributed by atoms with Gasteiger partial charge in [-0.05, 0) is 59.2 Å². The smallest absolute Gasteiger partial charge is 0.410 e. The van der Waals surface area contributed by atoms with E-state index in [1.165, 1.54) is 11.8 Å². The number of halogens is 2. The van der Waals surface area contributed by atoms with Gasteiger partial charge in [0.1, 0.15) is 17.2 Å². The third kappa shape index (κ3) is 5.30. The molecule has 1 N–H and O–H groups in total. The van der Waals surface area contributed by atoms with Gasteiger partial charge < -0.3 is 19.5 Å². The molecule has 0 aliphatic carbocycles. The Morgan fingerprint density at radius 3 is 2.43 bits per heavy atom. The molecule has 1 aromatic heterocycles. The summed E-state index contributed by atoms with van der Waals surface area (Å²) in [7, 11) is 1.56. The van der Waals surface area contributed by atoms with Gasteiger partial charge >= 0.3 is 11.8 Å². The van der Waals surface area contributed by atoms with Gasteiger partial charge in [-0.15, -0.1) is 11.8 Å². The predicted octanol–water partition coefficient (Wildman–Crippen LogP) is 5.48. The number of aromatic hydroxyl groups is 1. The van der Waals surface area contributed by atoms with Crippen molar-refractivity contribution >= 4 is 34.6 Å². The molecule has 2 aromatic carbocycles. The lowest BCUT2D eigenvalue weighted by Gasteiger charge is -2.45. The van der Waals surface area contributed by atoms with E-state index in [0.717, 1.165) is 6.07 Å². The van der Waals surface area contributed by atoms with E-state index in [1.54, 1.807) is 16.6 Å². The molecular weight excluding hydrogens is 566 g/mol. The van der Waals surface area contributed by atoms with Crippen LogP contribution in [0.2, 0.25) is 0 Å². The molecular formula is C30H36F2N4O5S. The second kappa shape index (κ2) is 11.0. The van der Waals surface area contributed by atoms with Gasteiger partial charge in [0.15, 0.2) is 11.6 Å². The first-order valence-electron chi connectivity index (χ1n) is 13.9. The minimum Gasteiger partial charge on any atom is -0.505 e. The Morgan fingerprint density at radius 2 is 1.81 bits per heavy atom. The zero-order valence-corrected chi connectivity index (χ0v) is 25.6. The number of phenols is 1. The Bertz CT molecular complexity index is 1610. The maximum absolute atomic E-state index is 15.2. The summed E-state index contributed by atoms with van der Waals surface area (Å²) in [6.45, 7) is 12.3. The van der Waals surface area contributed by atoms with Crippen molar-refractivity contribution in [3.63, 3.8) is 0 Å². The molecule has 5 rings (SSSR count). The van der Waals surface area contributed by atoms with Crippen molar-refractivity contribution in [2.24, 2.45) is 0 Å². The van der Waals surface area contributed by atoms with Crippen LogP contribution in [-0.2, 0) is 9.47 Å². The van der Waals surface area contributed by atoms with E-state index >= 15 is 4.39 Å². The van der Waals surface area contributed by atoms with Gasteiger partial charge in [0.05, 0.1) is 30.2 Å². The van der Waals surface area contributed by atoms with Crippen molar-refractivity contribution < 1.29 is 28.2 Å².